The Labute approximate surface area is 106 Å². The van der Waals surface area contributed by atoms with Crippen LogP contribution in [0, 0.1) is 11.8 Å². The van der Waals surface area contributed by atoms with Crippen molar-refractivity contribution in [1.29, 1.82) is 0 Å². The van der Waals surface area contributed by atoms with E-state index >= 15 is 0 Å². The molecule has 18 heavy (non-hydrogen) atoms. The molecule has 1 saturated carbocycles. The third kappa shape index (κ3) is 2.37. The first-order valence-corrected chi connectivity index (χ1v) is 6.04. The summed E-state index contributed by atoms with van der Waals surface area (Å²) in [7, 11) is 1.56. The van der Waals surface area contributed by atoms with Gasteiger partial charge in [-0.05, 0) is 37.1 Å². The van der Waals surface area contributed by atoms with Crippen molar-refractivity contribution in [3.8, 4) is 5.75 Å². The topological polar surface area (TPSA) is 63.6 Å². The first kappa shape index (κ1) is 12.6. The largest absolute Gasteiger partial charge is 0.497 e. The SMILES string of the molecule is COc1ccc(C(=O)[C@H]2CCC[C@@H]2C(=O)O)cc1. The van der Waals surface area contributed by atoms with Gasteiger partial charge in [-0.1, -0.05) is 6.42 Å². The maximum atomic E-state index is 12.3. The molecule has 1 aliphatic carbocycles. The lowest BCUT2D eigenvalue weighted by atomic mass is 9.88. The Bertz CT molecular complexity index is 449. The van der Waals surface area contributed by atoms with E-state index in [1.165, 1.54) is 0 Å². The van der Waals surface area contributed by atoms with E-state index in [0.717, 1.165) is 6.42 Å². The summed E-state index contributed by atoms with van der Waals surface area (Å²) in [5.41, 5.74) is 0.564. The Hall–Kier alpha value is -1.84. The van der Waals surface area contributed by atoms with Gasteiger partial charge in [0.05, 0.1) is 13.0 Å². The lowest BCUT2D eigenvalue weighted by molar-refractivity contribution is -0.142. The average Bonchev–Trinajstić information content (AvgIpc) is 2.87. The average molecular weight is 248 g/mol. The Morgan fingerprint density at radius 2 is 1.78 bits per heavy atom. The van der Waals surface area contributed by atoms with Crippen molar-refractivity contribution in [3.63, 3.8) is 0 Å². The molecule has 0 bridgehead atoms. The number of carbonyl (C=O) groups excluding carboxylic acids is 1. The second-order valence-electron chi connectivity index (χ2n) is 4.57. The van der Waals surface area contributed by atoms with Crippen LogP contribution in [-0.4, -0.2) is 24.0 Å². The molecule has 1 aliphatic rings. The molecule has 0 amide bonds. The predicted molar refractivity (Wildman–Crippen MR) is 65.8 cm³/mol. The van der Waals surface area contributed by atoms with Crippen molar-refractivity contribution in [1.82, 2.24) is 0 Å². The van der Waals surface area contributed by atoms with Crippen LogP contribution in [0.2, 0.25) is 0 Å². The number of carboxylic acids is 1. The summed E-state index contributed by atoms with van der Waals surface area (Å²) in [6, 6.07) is 6.83. The van der Waals surface area contributed by atoms with Gasteiger partial charge in [0.15, 0.2) is 5.78 Å². The summed E-state index contributed by atoms with van der Waals surface area (Å²) >= 11 is 0. The zero-order chi connectivity index (χ0) is 13.1. The van der Waals surface area contributed by atoms with Gasteiger partial charge in [-0.3, -0.25) is 9.59 Å². The summed E-state index contributed by atoms with van der Waals surface area (Å²) in [4.78, 5) is 23.3. The normalized spacial score (nSPS) is 22.7. The molecule has 0 unspecified atom stereocenters. The van der Waals surface area contributed by atoms with Gasteiger partial charge < -0.3 is 9.84 Å². The molecule has 2 rings (SSSR count). The molecule has 0 saturated heterocycles. The van der Waals surface area contributed by atoms with Crippen LogP contribution in [0.1, 0.15) is 29.6 Å². The summed E-state index contributed by atoms with van der Waals surface area (Å²) < 4.78 is 5.03. The van der Waals surface area contributed by atoms with Crippen molar-refractivity contribution >= 4 is 11.8 Å². The standard InChI is InChI=1S/C14H16O4/c1-18-10-7-5-9(6-8-10)13(15)11-3-2-4-12(11)14(16)17/h5-8,11-12H,2-4H2,1H3,(H,16,17)/t11-,12-/m0/s1. The lowest BCUT2D eigenvalue weighted by Crippen LogP contribution is -2.25. The lowest BCUT2D eigenvalue weighted by Gasteiger charge is -2.14. The molecule has 0 spiro atoms. The smallest absolute Gasteiger partial charge is 0.307 e. The number of ketones is 1. The van der Waals surface area contributed by atoms with Crippen LogP contribution in [0.15, 0.2) is 24.3 Å². The molecular weight excluding hydrogens is 232 g/mol. The number of methoxy groups -OCH3 is 1. The molecule has 1 aromatic rings. The molecule has 1 fully saturated rings. The summed E-state index contributed by atoms with van der Waals surface area (Å²) in [6.45, 7) is 0. The van der Waals surface area contributed by atoms with Gasteiger partial charge >= 0.3 is 5.97 Å². The number of ether oxygens (including phenoxy) is 1. The number of carbonyl (C=O) groups is 2. The first-order chi connectivity index (χ1) is 8.63. The van der Waals surface area contributed by atoms with Crippen molar-refractivity contribution in [2.75, 3.05) is 7.11 Å². The molecule has 0 aromatic heterocycles. The molecule has 1 N–H and O–H groups in total. The minimum absolute atomic E-state index is 0.0671. The van der Waals surface area contributed by atoms with Crippen LogP contribution >= 0.6 is 0 Å². The second-order valence-corrected chi connectivity index (χ2v) is 4.57. The molecule has 0 heterocycles. The third-order valence-corrected chi connectivity index (χ3v) is 3.54. The van der Waals surface area contributed by atoms with E-state index in [1.807, 2.05) is 0 Å². The number of hydrogen-bond acceptors (Lipinski definition) is 3. The van der Waals surface area contributed by atoms with Crippen LogP contribution in [0.3, 0.4) is 0 Å². The zero-order valence-electron chi connectivity index (χ0n) is 10.3. The van der Waals surface area contributed by atoms with E-state index in [1.54, 1.807) is 31.4 Å². The number of aliphatic carboxylic acids is 1. The highest BCUT2D eigenvalue weighted by Crippen LogP contribution is 2.34. The van der Waals surface area contributed by atoms with Gasteiger partial charge in [0.25, 0.3) is 0 Å². The quantitative estimate of drug-likeness (QED) is 0.831. The van der Waals surface area contributed by atoms with Crippen molar-refractivity contribution in [3.05, 3.63) is 29.8 Å². The maximum absolute atomic E-state index is 12.3. The highest BCUT2D eigenvalue weighted by molar-refractivity contribution is 6.00. The predicted octanol–water partition coefficient (Wildman–Crippen LogP) is 2.38. The van der Waals surface area contributed by atoms with Crippen LogP contribution in [0.4, 0.5) is 0 Å². The number of benzene rings is 1. The highest BCUT2D eigenvalue weighted by atomic mass is 16.5. The van der Waals surface area contributed by atoms with Crippen LogP contribution in [0.25, 0.3) is 0 Å². The third-order valence-electron chi connectivity index (χ3n) is 3.54. The number of carboxylic acid groups (broad SMARTS) is 1. The van der Waals surface area contributed by atoms with Crippen molar-refractivity contribution in [2.24, 2.45) is 11.8 Å². The maximum Gasteiger partial charge on any atom is 0.307 e. The van der Waals surface area contributed by atoms with Gasteiger partial charge in [0, 0.05) is 11.5 Å². The monoisotopic (exact) mass is 248 g/mol. The fraction of sp³-hybridized carbons (Fsp3) is 0.429. The van der Waals surface area contributed by atoms with Crippen LogP contribution in [0.5, 0.6) is 5.75 Å². The Morgan fingerprint density at radius 3 is 2.33 bits per heavy atom. The van der Waals surface area contributed by atoms with E-state index in [2.05, 4.69) is 0 Å². The Kier molecular flexibility index (Phi) is 3.65. The molecule has 0 aliphatic heterocycles. The highest BCUT2D eigenvalue weighted by Gasteiger charge is 2.37. The molecule has 4 nitrogen and oxygen atoms in total. The van der Waals surface area contributed by atoms with E-state index < -0.39 is 11.9 Å². The molecule has 4 heteroatoms. The van der Waals surface area contributed by atoms with Gasteiger partial charge in [-0.2, -0.15) is 0 Å². The molecule has 2 atom stereocenters. The molecule has 1 aromatic carbocycles. The minimum atomic E-state index is -0.862. The van der Waals surface area contributed by atoms with Crippen LogP contribution in [-0.2, 0) is 4.79 Å². The number of Topliss-reactive ketones (excluding diaryl/α,β-unsaturated/α-hetero) is 1. The van der Waals surface area contributed by atoms with E-state index in [0.29, 0.717) is 24.2 Å². The van der Waals surface area contributed by atoms with Crippen molar-refractivity contribution < 1.29 is 19.4 Å². The Balaban J connectivity index is 2.17. The first-order valence-electron chi connectivity index (χ1n) is 6.04. The van der Waals surface area contributed by atoms with E-state index in [9.17, 15) is 9.59 Å². The summed E-state index contributed by atoms with van der Waals surface area (Å²) in [6.07, 6.45) is 2.08. The molecular formula is C14H16O4. The summed E-state index contributed by atoms with van der Waals surface area (Å²) in [5.74, 6) is -1.15. The van der Waals surface area contributed by atoms with Gasteiger partial charge in [0.2, 0.25) is 0 Å². The summed E-state index contributed by atoms with van der Waals surface area (Å²) in [5, 5.41) is 9.09. The minimum Gasteiger partial charge on any atom is -0.497 e. The molecule has 0 radical (unpaired) electrons. The number of hydrogen-bond donors (Lipinski definition) is 1. The molecule has 96 valence electrons. The van der Waals surface area contributed by atoms with Gasteiger partial charge in [-0.25, -0.2) is 0 Å². The van der Waals surface area contributed by atoms with Crippen LogP contribution < -0.4 is 4.74 Å². The Morgan fingerprint density at radius 1 is 1.17 bits per heavy atom. The van der Waals surface area contributed by atoms with E-state index in [4.69, 9.17) is 9.84 Å². The van der Waals surface area contributed by atoms with Gasteiger partial charge in [-0.15, -0.1) is 0 Å². The second kappa shape index (κ2) is 5.21. The zero-order valence-corrected chi connectivity index (χ0v) is 10.3. The number of rotatable bonds is 4. The van der Waals surface area contributed by atoms with Crippen molar-refractivity contribution in [2.45, 2.75) is 19.3 Å². The van der Waals surface area contributed by atoms with Gasteiger partial charge in [0.1, 0.15) is 5.75 Å². The fourth-order valence-corrected chi connectivity index (χ4v) is 2.54. The fourth-order valence-electron chi connectivity index (χ4n) is 2.54. The van der Waals surface area contributed by atoms with E-state index in [-0.39, 0.29) is 11.7 Å².